The summed E-state index contributed by atoms with van der Waals surface area (Å²) in [5.41, 5.74) is 1.43. The van der Waals surface area contributed by atoms with Gasteiger partial charge in [0.25, 0.3) is 0 Å². The number of fused-ring (bicyclic) bond motifs is 1. The molecule has 2 N–H and O–H groups in total. The zero-order chi connectivity index (χ0) is 18.6. The smallest absolute Gasteiger partial charge is 0.321 e. The zero-order valence-electron chi connectivity index (χ0n) is 14.6. The summed E-state index contributed by atoms with van der Waals surface area (Å²) in [5, 5.41) is 5.64. The van der Waals surface area contributed by atoms with Gasteiger partial charge in [0, 0.05) is 29.4 Å². The highest BCUT2D eigenvalue weighted by Gasteiger charge is 2.21. The summed E-state index contributed by atoms with van der Waals surface area (Å²) in [6, 6.07) is 12.8. The molecule has 1 fully saturated rings. The molecule has 0 aromatic heterocycles. The van der Waals surface area contributed by atoms with Gasteiger partial charge in [0.05, 0.1) is 5.75 Å². The fourth-order valence-electron chi connectivity index (χ4n) is 2.93. The molecule has 0 saturated carbocycles. The van der Waals surface area contributed by atoms with Gasteiger partial charge in [-0.05, 0) is 36.4 Å². The lowest BCUT2D eigenvalue weighted by molar-refractivity contribution is -0.113. The van der Waals surface area contributed by atoms with Crippen molar-refractivity contribution in [2.24, 2.45) is 0 Å². The van der Waals surface area contributed by atoms with Crippen LogP contribution in [-0.4, -0.2) is 44.0 Å². The van der Waals surface area contributed by atoms with Crippen molar-refractivity contribution in [1.29, 1.82) is 0 Å². The minimum atomic E-state index is -0.118. The molecule has 8 heteroatoms. The van der Waals surface area contributed by atoms with Gasteiger partial charge in [-0.15, -0.1) is 11.8 Å². The highest BCUT2D eigenvalue weighted by Crippen LogP contribution is 2.34. The van der Waals surface area contributed by atoms with E-state index in [1.165, 1.54) is 11.8 Å². The second-order valence-corrected chi connectivity index (χ2v) is 7.12. The van der Waals surface area contributed by atoms with Crippen LogP contribution in [0.4, 0.5) is 16.2 Å². The number of thioether (sulfide) groups is 1. The fraction of sp³-hybridized carbons (Fsp3) is 0.263. The van der Waals surface area contributed by atoms with Crippen molar-refractivity contribution >= 4 is 35.1 Å². The average Bonchev–Trinajstić information content (AvgIpc) is 3.12. The predicted octanol–water partition coefficient (Wildman–Crippen LogP) is 2.72. The topological polar surface area (TPSA) is 79.9 Å². The minimum absolute atomic E-state index is 0.113. The number of anilines is 2. The van der Waals surface area contributed by atoms with Gasteiger partial charge in [0.1, 0.15) is 13.2 Å². The third kappa shape index (κ3) is 4.11. The van der Waals surface area contributed by atoms with Gasteiger partial charge in [-0.25, -0.2) is 4.79 Å². The van der Waals surface area contributed by atoms with Crippen LogP contribution in [0.5, 0.6) is 11.5 Å². The van der Waals surface area contributed by atoms with Crippen LogP contribution < -0.4 is 25.0 Å². The molecular weight excluding hydrogens is 366 g/mol. The van der Waals surface area contributed by atoms with E-state index in [0.717, 1.165) is 16.3 Å². The van der Waals surface area contributed by atoms with Crippen molar-refractivity contribution in [3.05, 3.63) is 42.5 Å². The van der Waals surface area contributed by atoms with Crippen LogP contribution in [0, 0.1) is 0 Å². The van der Waals surface area contributed by atoms with E-state index in [1.807, 2.05) is 36.4 Å². The minimum Gasteiger partial charge on any atom is -0.486 e. The Morgan fingerprint density at radius 3 is 2.81 bits per heavy atom. The van der Waals surface area contributed by atoms with Crippen LogP contribution in [0.25, 0.3) is 0 Å². The van der Waals surface area contributed by atoms with Crippen molar-refractivity contribution in [2.75, 3.05) is 42.3 Å². The Hall–Kier alpha value is -2.87. The van der Waals surface area contributed by atoms with E-state index in [-0.39, 0.29) is 17.7 Å². The molecule has 2 aliphatic heterocycles. The fourth-order valence-corrected chi connectivity index (χ4v) is 3.65. The van der Waals surface area contributed by atoms with Gasteiger partial charge in [-0.2, -0.15) is 0 Å². The summed E-state index contributed by atoms with van der Waals surface area (Å²) in [5.74, 6) is 1.60. The molecule has 7 nitrogen and oxygen atoms in total. The molecule has 0 spiro atoms. The number of nitrogens with one attached hydrogen (secondary N) is 2. The molecule has 0 bridgehead atoms. The lowest BCUT2D eigenvalue weighted by Crippen LogP contribution is -2.27. The highest BCUT2D eigenvalue weighted by molar-refractivity contribution is 8.00. The van der Waals surface area contributed by atoms with Crippen molar-refractivity contribution in [3.63, 3.8) is 0 Å². The molecule has 3 amide bonds. The van der Waals surface area contributed by atoms with Crippen LogP contribution in [0.1, 0.15) is 0 Å². The monoisotopic (exact) mass is 385 g/mol. The summed E-state index contributed by atoms with van der Waals surface area (Å²) >= 11 is 1.43. The maximum Gasteiger partial charge on any atom is 0.321 e. The molecule has 2 aromatic carbocycles. The van der Waals surface area contributed by atoms with Gasteiger partial charge in [-0.1, -0.05) is 6.07 Å². The van der Waals surface area contributed by atoms with Crippen LogP contribution >= 0.6 is 11.8 Å². The van der Waals surface area contributed by atoms with E-state index in [4.69, 9.17) is 9.47 Å². The summed E-state index contributed by atoms with van der Waals surface area (Å²) in [6.07, 6.45) is 0. The third-order valence-corrected chi connectivity index (χ3v) is 5.18. The Labute approximate surface area is 161 Å². The van der Waals surface area contributed by atoms with Crippen molar-refractivity contribution < 1.29 is 19.1 Å². The molecule has 2 aliphatic rings. The van der Waals surface area contributed by atoms with Crippen molar-refractivity contribution in [2.45, 2.75) is 4.90 Å². The first-order valence-corrected chi connectivity index (χ1v) is 9.65. The first-order valence-electron chi connectivity index (χ1n) is 8.67. The molecule has 1 saturated heterocycles. The number of carbonyl (C=O) groups is 2. The highest BCUT2D eigenvalue weighted by atomic mass is 32.2. The Morgan fingerprint density at radius 1 is 1.15 bits per heavy atom. The standard InChI is InChI=1S/C19H19N3O4S/c23-18(12-27-15-4-5-16-17(11-15)26-9-8-25-16)21-13-2-1-3-14(10-13)22-7-6-20-19(22)24/h1-5,10-11H,6-9,12H2,(H,20,24)(H,21,23). The Morgan fingerprint density at radius 2 is 2.00 bits per heavy atom. The number of carbonyl (C=O) groups excluding carboxylic acids is 2. The molecule has 0 aliphatic carbocycles. The Balaban J connectivity index is 1.35. The number of ether oxygens (including phenoxy) is 2. The van der Waals surface area contributed by atoms with E-state index >= 15 is 0 Å². The van der Waals surface area contributed by atoms with Gasteiger partial charge >= 0.3 is 6.03 Å². The molecule has 4 rings (SSSR count). The molecule has 2 aromatic rings. The Bertz CT molecular complexity index is 874. The summed E-state index contributed by atoms with van der Waals surface area (Å²) in [6.45, 7) is 2.34. The van der Waals surface area contributed by atoms with Crippen molar-refractivity contribution in [1.82, 2.24) is 5.32 Å². The molecule has 140 valence electrons. The Kier molecular flexibility index (Phi) is 5.06. The number of hydrogen-bond acceptors (Lipinski definition) is 5. The number of hydrogen-bond donors (Lipinski definition) is 2. The molecule has 2 heterocycles. The number of benzene rings is 2. The third-order valence-electron chi connectivity index (χ3n) is 4.18. The summed E-state index contributed by atoms with van der Waals surface area (Å²) in [7, 11) is 0. The predicted molar refractivity (Wildman–Crippen MR) is 104 cm³/mol. The van der Waals surface area contributed by atoms with Crippen LogP contribution in [0.3, 0.4) is 0 Å². The van der Waals surface area contributed by atoms with E-state index in [2.05, 4.69) is 10.6 Å². The number of amides is 3. The number of nitrogens with zero attached hydrogens (tertiary/aromatic N) is 1. The normalized spacial score (nSPS) is 15.4. The zero-order valence-corrected chi connectivity index (χ0v) is 15.4. The van der Waals surface area contributed by atoms with E-state index in [1.54, 1.807) is 11.0 Å². The van der Waals surface area contributed by atoms with Crippen LogP contribution in [0.15, 0.2) is 47.4 Å². The SMILES string of the molecule is O=C(CSc1ccc2c(c1)OCCO2)Nc1cccc(N2CCNC2=O)c1. The van der Waals surface area contributed by atoms with Gasteiger partial charge in [0.15, 0.2) is 11.5 Å². The van der Waals surface area contributed by atoms with Gasteiger partial charge in [0.2, 0.25) is 5.91 Å². The van der Waals surface area contributed by atoms with E-state index in [9.17, 15) is 9.59 Å². The lowest BCUT2D eigenvalue weighted by atomic mass is 10.2. The molecule has 0 atom stereocenters. The molecule has 27 heavy (non-hydrogen) atoms. The largest absolute Gasteiger partial charge is 0.486 e. The summed E-state index contributed by atoms with van der Waals surface area (Å²) in [4.78, 5) is 26.7. The lowest BCUT2D eigenvalue weighted by Gasteiger charge is -2.18. The second kappa shape index (κ2) is 7.79. The second-order valence-electron chi connectivity index (χ2n) is 6.08. The number of rotatable bonds is 5. The first kappa shape index (κ1) is 17.5. The van der Waals surface area contributed by atoms with Crippen molar-refractivity contribution in [3.8, 4) is 11.5 Å². The number of urea groups is 1. The average molecular weight is 385 g/mol. The van der Waals surface area contributed by atoms with Gasteiger partial charge < -0.3 is 20.1 Å². The summed E-state index contributed by atoms with van der Waals surface area (Å²) < 4.78 is 11.1. The van der Waals surface area contributed by atoms with E-state index < -0.39 is 0 Å². The molecule has 0 radical (unpaired) electrons. The first-order chi connectivity index (χ1) is 13.2. The van der Waals surface area contributed by atoms with Crippen LogP contribution in [-0.2, 0) is 4.79 Å². The maximum atomic E-state index is 12.3. The maximum absolute atomic E-state index is 12.3. The van der Waals surface area contributed by atoms with Gasteiger partial charge in [-0.3, -0.25) is 9.69 Å². The molecular formula is C19H19N3O4S. The molecule has 0 unspecified atom stereocenters. The quantitative estimate of drug-likeness (QED) is 0.774. The van der Waals surface area contributed by atoms with E-state index in [0.29, 0.717) is 37.7 Å². The van der Waals surface area contributed by atoms with Crippen LogP contribution in [0.2, 0.25) is 0 Å².